The molecule has 0 bridgehead atoms. The van der Waals surface area contributed by atoms with Crippen LogP contribution >= 0.6 is 0 Å². The molecule has 0 radical (unpaired) electrons. The van der Waals surface area contributed by atoms with Gasteiger partial charge in [0.05, 0.1) is 0 Å². The molecule has 1 aliphatic rings. The van der Waals surface area contributed by atoms with E-state index in [9.17, 15) is 5.11 Å². The Labute approximate surface area is 147 Å². The Balaban J connectivity index is 1.68. The fourth-order valence-electron chi connectivity index (χ4n) is 3.04. The first kappa shape index (κ1) is 19.2. The summed E-state index contributed by atoms with van der Waals surface area (Å²) < 4.78 is 5.82. The summed E-state index contributed by atoms with van der Waals surface area (Å²) in [6.07, 6.45) is 0.832. The van der Waals surface area contributed by atoms with Crippen molar-refractivity contribution >= 4 is 0 Å². The molecule has 0 saturated carbocycles. The van der Waals surface area contributed by atoms with Crippen molar-refractivity contribution in [3.8, 4) is 5.75 Å². The molecular weight excluding hydrogens is 300 g/mol. The van der Waals surface area contributed by atoms with Crippen molar-refractivity contribution in [1.29, 1.82) is 0 Å². The largest absolute Gasteiger partial charge is 0.491 e. The number of hydrogen-bond donors (Lipinski definition) is 1. The zero-order valence-electron chi connectivity index (χ0n) is 15.8. The van der Waals surface area contributed by atoms with Gasteiger partial charge >= 0.3 is 0 Å². The van der Waals surface area contributed by atoms with Crippen LogP contribution in [-0.2, 0) is 0 Å². The molecule has 1 aromatic rings. The lowest BCUT2D eigenvalue weighted by Gasteiger charge is -2.35. The topological polar surface area (TPSA) is 35.9 Å². The van der Waals surface area contributed by atoms with E-state index in [0.717, 1.165) is 43.4 Å². The summed E-state index contributed by atoms with van der Waals surface area (Å²) in [5, 5.41) is 10.3. The number of aryl methyl sites for hydroxylation is 2. The highest BCUT2D eigenvalue weighted by molar-refractivity contribution is 5.35. The van der Waals surface area contributed by atoms with Gasteiger partial charge in [-0.25, -0.2) is 0 Å². The molecule has 4 heteroatoms. The number of benzene rings is 1. The van der Waals surface area contributed by atoms with Gasteiger partial charge < -0.3 is 14.7 Å². The molecule has 0 spiro atoms. The summed E-state index contributed by atoms with van der Waals surface area (Å²) in [5.74, 6) is 1.65. The molecule has 1 heterocycles. The monoisotopic (exact) mass is 334 g/mol. The third kappa shape index (κ3) is 6.42. The van der Waals surface area contributed by atoms with E-state index in [1.807, 2.05) is 13.0 Å². The number of ether oxygens (including phenoxy) is 1. The Morgan fingerprint density at radius 3 is 2.42 bits per heavy atom. The van der Waals surface area contributed by atoms with Crippen LogP contribution in [0.4, 0.5) is 0 Å². The van der Waals surface area contributed by atoms with E-state index in [4.69, 9.17) is 4.74 Å². The molecule has 1 unspecified atom stereocenters. The van der Waals surface area contributed by atoms with Crippen LogP contribution in [-0.4, -0.2) is 66.9 Å². The Morgan fingerprint density at radius 2 is 1.75 bits per heavy atom. The summed E-state index contributed by atoms with van der Waals surface area (Å²) in [6.45, 7) is 15.2. The van der Waals surface area contributed by atoms with E-state index >= 15 is 0 Å². The molecule has 1 saturated heterocycles. The van der Waals surface area contributed by atoms with Crippen molar-refractivity contribution in [3.63, 3.8) is 0 Å². The molecular formula is C20H34N2O2. The number of aliphatic hydroxyl groups excluding tert-OH is 1. The van der Waals surface area contributed by atoms with Crippen LogP contribution in [0.5, 0.6) is 5.75 Å². The number of hydrogen-bond acceptors (Lipinski definition) is 4. The lowest BCUT2D eigenvalue weighted by molar-refractivity contribution is 0.0452. The maximum atomic E-state index is 10.3. The van der Waals surface area contributed by atoms with Gasteiger partial charge in [-0.05, 0) is 49.9 Å². The minimum absolute atomic E-state index is 0.359. The Kier molecular flexibility index (Phi) is 7.53. The van der Waals surface area contributed by atoms with Gasteiger partial charge in [0, 0.05) is 32.7 Å². The van der Waals surface area contributed by atoms with Gasteiger partial charge in [-0.2, -0.15) is 0 Å². The quantitative estimate of drug-likeness (QED) is 0.793. The van der Waals surface area contributed by atoms with Crippen LogP contribution in [0.3, 0.4) is 0 Å². The van der Waals surface area contributed by atoms with Crippen molar-refractivity contribution in [2.45, 2.75) is 40.2 Å². The number of β-amino-alcohol motifs (C(OH)–C–C–N with tert-alkyl or cyclic N) is 1. The molecule has 0 aromatic heterocycles. The Hall–Kier alpha value is -1.10. The van der Waals surface area contributed by atoms with Crippen molar-refractivity contribution in [1.82, 2.24) is 9.80 Å². The summed E-state index contributed by atoms with van der Waals surface area (Å²) in [7, 11) is 0. The molecule has 2 rings (SSSR count). The second-order valence-electron chi connectivity index (χ2n) is 7.56. The maximum absolute atomic E-state index is 10.3. The first-order valence-electron chi connectivity index (χ1n) is 9.27. The van der Waals surface area contributed by atoms with Gasteiger partial charge in [-0.15, -0.1) is 0 Å². The van der Waals surface area contributed by atoms with E-state index in [-0.39, 0.29) is 0 Å². The summed E-state index contributed by atoms with van der Waals surface area (Å²) >= 11 is 0. The van der Waals surface area contributed by atoms with Crippen LogP contribution in [0.25, 0.3) is 0 Å². The van der Waals surface area contributed by atoms with Crippen LogP contribution in [0.1, 0.15) is 31.4 Å². The van der Waals surface area contributed by atoms with Gasteiger partial charge in [0.1, 0.15) is 18.5 Å². The minimum Gasteiger partial charge on any atom is -0.491 e. The minimum atomic E-state index is -0.438. The maximum Gasteiger partial charge on any atom is 0.122 e. The second kappa shape index (κ2) is 9.40. The van der Waals surface area contributed by atoms with E-state index in [1.54, 1.807) is 0 Å². The van der Waals surface area contributed by atoms with Gasteiger partial charge in [-0.3, -0.25) is 4.90 Å². The van der Waals surface area contributed by atoms with Crippen LogP contribution in [0.15, 0.2) is 18.2 Å². The van der Waals surface area contributed by atoms with E-state index in [0.29, 0.717) is 13.2 Å². The molecule has 1 aromatic carbocycles. The lowest BCUT2D eigenvalue weighted by Crippen LogP contribution is -2.49. The summed E-state index contributed by atoms with van der Waals surface area (Å²) in [4.78, 5) is 4.89. The lowest BCUT2D eigenvalue weighted by atomic mass is 10.1. The van der Waals surface area contributed by atoms with Crippen LogP contribution in [0.2, 0.25) is 0 Å². The van der Waals surface area contributed by atoms with Crippen molar-refractivity contribution in [2.75, 3.05) is 45.9 Å². The number of rotatable bonds is 8. The third-order valence-electron chi connectivity index (χ3n) is 4.73. The van der Waals surface area contributed by atoms with Crippen molar-refractivity contribution < 1.29 is 9.84 Å². The van der Waals surface area contributed by atoms with Crippen molar-refractivity contribution in [3.05, 3.63) is 29.3 Å². The summed E-state index contributed by atoms with van der Waals surface area (Å²) in [5.41, 5.74) is 2.30. The first-order valence-corrected chi connectivity index (χ1v) is 9.27. The van der Waals surface area contributed by atoms with E-state index in [1.165, 1.54) is 18.5 Å². The Morgan fingerprint density at radius 1 is 1.08 bits per heavy atom. The van der Waals surface area contributed by atoms with Gasteiger partial charge in [-0.1, -0.05) is 26.0 Å². The fraction of sp³-hybridized carbons (Fsp3) is 0.700. The SMILES string of the molecule is Cc1ccc(C)c(OCC(O)CN2CCN(CCC(C)C)CC2)c1. The molecule has 1 fully saturated rings. The first-order chi connectivity index (χ1) is 11.4. The number of piperazine rings is 1. The molecule has 136 valence electrons. The fourth-order valence-corrected chi connectivity index (χ4v) is 3.04. The van der Waals surface area contributed by atoms with E-state index < -0.39 is 6.10 Å². The standard InChI is InChI=1S/C20H34N2O2/c1-16(2)7-8-21-9-11-22(12-10-21)14-19(23)15-24-20-13-17(3)5-6-18(20)4/h5-6,13,16,19,23H,7-12,14-15H2,1-4H3. The second-order valence-corrected chi connectivity index (χ2v) is 7.56. The zero-order chi connectivity index (χ0) is 17.5. The average Bonchev–Trinajstić information content (AvgIpc) is 2.55. The molecule has 1 aliphatic heterocycles. The van der Waals surface area contributed by atoms with E-state index in [2.05, 4.69) is 42.7 Å². The molecule has 1 N–H and O–H groups in total. The van der Waals surface area contributed by atoms with Crippen molar-refractivity contribution in [2.24, 2.45) is 5.92 Å². The molecule has 4 nitrogen and oxygen atoms in total. The third-order valence-corrected chi connectivity index (χ3v) is 4.73. The van der Waals surface area contributed by atoms with Crippen LogP contribution < -0.4 is 4.74 Å². The highest BCUT2D eigenvalue weighted by atomic mass is 16.5. The van der Waals surface area contributed by atoms with Crippen LogP contribution in [0, 0.1) is 19.8 Å². The highest BCUT2D eigenvalue weighted by Crippen LogP contribution is 2.19. The highest BCUT2D eigenvalue weighted by Gasteiger charge is 2.19. The van der Waals surface area contributed by atoms with Gasteiger partial charge in [0.2, 0.25) is 0 Å². The average molecular weight is 335 g/mol. The number of nitrogens with zero attached hydrogens (tertiary/aromatic N) is 2. The summed E-state index contributed by atoms with van der Waals surface area (Å²) in [6, 6.07) is 6.18. The molecule has 0 amide bonds. The predicted octanol–water partition coefficient (Wildman–Crippen LogP) is 2.71. The number of aliphatic hydroxyl groups is 1. The molecule has 0 aliphatic carbocycles. The normalized spacial score (nSPS) is 18.1. The zero-order valence-corrected chi connectivity index (χ0v) is 15.8. The van der Waals surface area contributed by atoms with Gasteiger partial charge in [0.25, 0.3) is 0 Å². The van der Waals surface area contributed by atoms with Gasteiger partial charge in [0.15, 0.2) is 0 Å². The Bertz CT molecular complexity index is 496. The predicted molar refractivity (Wildman–Crippen MR) is 99.8 cm³/mol. The molecule has 24 heavy (non-hydrogen) atoms. The molecule has 1 atom stereocenters. The smallest absolute Gasteiger partial charge is 0.122 e.